The molecule has 6 fully saturated rings. The van der Waals surface area contributed by atoms with Crippen LogP contribution in [-0.2, 0) is 50.2 Å². The lowest BCUT2D eigenvalue weighted by Crippen LogP contribution is -2.45. The van der Waals surface area contributed by atoms with Crippen LogP contribution in [0.1, 0.15) is 195 Å². The molecular formula is C102H127N23O13S4. The second kappa shape index (κ2) is 42.0. The molecule has 0 radical (unpaired) electrons. The maximum Gasteiger partial charge on any atom is 0.281 e. The zero-order valence-corrected chi connectivity index (χ0v) is 86.4. The molecule has 17 rings (SSSR count). The Balaban J connectivity index is 0.000000151. The average molecular weight is 2010 g/mol. The average Bonchev–Trinajstić information content (AvgIpc) is 1.58. The summed E-state index contributed by atoms with van der Waals surface area (Å²) in [7, 11) is -11.5. The van der Waals surface area contributed by atoms with Gasteiger partial charge in [0.25, 0.3) is 63.7 Å². The van der Waals surface area contributed by atoms with Crippen molar-refractivity contribution in [2.45, 2.75) is 202 Å². The summed E-state index contributed by atoms with van der Waals surface area (Å²) in [5, 5.41) is 2.38. The fourth-order valence-corrected chi connectivity index (χ4v) is 23.5. The first-order valence-electron chi connectivity index (χ1n) is 47.3. The Hall–Kier alpha value is -13.4. The summed E-state index contributed by atoms with van der Waals surface area (Å²) < 4.78 is 118. The minimum Gasteiger partial charge on any atom is -0.384 e. The molecule has 3 unspecified atom stereocenters. The van der Waals surface area contributed by atoms with Crippen LogP contribution in [0.15, 0.2) is 221 Å². The number of ether oxygens (including phenoxy) is 1. The number of hydrogen-bond donors (Lipinski definition) is 7. The summed E-state index contributed by atoms with van der Waals surface area (Å²) in [6.45, 7) is 33.9. The lowest BCUT2D eigenvalue weighted by molar-refractivity contribution is 0.0972. The van der Waals surface area contributed by atoms with Crippen molar-refractivity contribution in [2.24, 2.45) is 29.6 Å². The summed E-state index contributed by atoms with van der Waals surface area (Å²) in [5.74, 6) is 2.69. The van der Waals surface area contributed by atoms with Crippen molar-refractivity contribution >= 4 is 122 Å². The topological polar surface area (TPSA) is 475 Å². The van der Waals surface area contributed by atoms with Crippen LogP contribution in [0.3, 0.4) is 0 Å². The Morgan fingerprint density at radius 2 is 0.930 bits per heavy atom. The van der Waals surface area contributed by atoms with Gasteiger partial charge in [0.15, 0.2) is 15.1 Å². The number of carbonyl (C=O) groups excluding carboxylic acids is 4. The van der Waals surface area contributed by atoms with E-state index in [9.17, 15) is 52.8 Å². The van der Waals surface area contributed by atoms with Gasteiger partial charge in [-0.05, 0) is 257 Å². The lowest BCUT2D eigenvalue weighted by Gasteiger charge is -2.38. The molecule has 5 saturated heterocycles. The Bertz CT molecular complexity index is 6960. The van der Waals surface area contributed by atoms with Crippen molar-refractivity contribution in [1.29, 1.82) is 0 Å². The number of nitrogens with one attached hydrogen (secondary N) is 5. The van der Waals surface area contributed by atoms with Crippen LogP contribution in [0.5, 0.6) is 0 Å². The first kappa shape index (κ1) is 104. The fourth-order valence-electron chi connectivity index (χ4n) is 19.7. The van der Waals surface area contributed by atoms with E-state index in [1.165, 1.54) is 61.5 Å². The second-order valence-electron chi connectivity index (χ2n) is 40.8. The van der Waals surface area contributed by atoms with Crippen LogP contribution in [0.2, 0.25) is 0 Å². The summed E-state index contributed by atoms with van der Waals surface area (Å²) >= 11 is 0. The van der Waals surface area contributed by atoms with Gasteiger partial charge in [-0.2, -0.15) is 25.3 Å². The molecule has 1 aliphatic carbocycles. The summed E-state index contributed by atoms with van der Waals surface area (Å²) in [5.41, 5.74) is 16.1. The van der Waals surface area contributed by atoms with Gasteiger partial charge in [0, 0.05) is 129 Å². The highest BCUT2D eigenvalue weighted by Gasteiger charge is 2.51. The van der Waals surface area contributed by atoms with Crippen LogP contribution in [0.25, 0.3) is 22.4 Å². The zero-order valence-electron chi connectivity index (χ0n) is 83.2. The van der Waals surface area contributed by atoms with Gasteiger partial charge in [0.1, 0.15) is 51.4 Å². The third-order valence-electron chi connectivity index (χ3n) is 26.4. The quantitative estimate of drug-likeness (QED) is 0.0279. The Labute approximate surface area is 832 Å². The van der Waals surface area contributed by atoms with E-state index in [1.54, 1.807) is 110 Å². The van der Waals surface area contributed by atoms with Gasteiger partial charge in [-0.3, -0.25) is 19.2 Å². The Kier molecular flexibility index (Phi) is 30.9. The van der Waals surface area contributed by atoms with Gasteiger partial charge in [0.2, 0.25) is 5.95 Å². The highest BCUT2D eigenvalue weighted by molar-refractivity contribution is 7.91. The van der Waals surface area contributed by atoms with E-state index in [1.807, 2.05) is 68.7 Å². The molecule has 40 heteroatoms. The third kappa shape index (κ3) is 24.1. The number of carbonyl (C=O) groups is 4. The van der Waals surface area contributed by atoms with Gasteiger partial charge < -0.3 is 50.9 Å². The Morgan fingerprint density at radius 1 is 0.458 bits per heavy atom. The molecule has 4 amide bonds. The number of aromatic nitrogens is 10. The number of hydrogen-bond acceptors (Lipinski definition) is 32. The molecule has 2 aromatic carbocycles. The SMILES string of the molecule is CC(C)(C)c1ccc(C(=O)NS(=O)(=O)c2cccc(N)n2)c(N2CCC(C3CC3)C2(C)C)n1.CC1CN(c2ncccc2C(=O)NS(=O)(=O)c2cccc(Nc3ccc(-c4ccccc4)cc3)n2)C(C)(C)C1.COC[C@@H]1CCCN1c1cccc(S(=O)(=O)NC(=O)c2cccnc2N2CC(C)CC2(C)C)n1.C[C@@H]1CN(c2nc(-c3cnc(N(C)C)nc3)ccc2C(=O)NS(=O)(=O)c2cccnc2N)C(C)(C)C1. The summed E-state index contributed by atoms with van der Waals surface area (Å²) in [6, 6.07) is 47.5. The standard InChI is InChI=1S/C30H31N5O3S.C24H30N8O3S.C24H33N5O4S.C24H33N5O3S/c1-21-19-30(2,3)35(20-21)28-25(11-8-18-31-28)29(36)34-39(37,38)27-13-7-12-26(33-27)32-24-16-14-23(15-17-24)22-9-5-4-6-10-22;1-15-11-24(2,3)32(14-15)21-17(22(33)30-36(34,35)19-7-6-10-26-20(19)25)8-9-18(29-21)16-12-27-23(28-13-16)31(4)5;1-17-14-24(2,3)29(15-17)22-19(9-6-12-25-22)23(30)27-34(31,32)21-11-5-10-20(26-21)28-13-7-8-18(28)16-33-4;1-23(2,3)18-12-11-16(22(30)28-33(31,32)20-8-6-7-19(25)27-20)21(26-18)29-14-13-17(15-9-10-15)24(29,4)5/h4-18,21H,19-20H2,1-3H3,(H,32,33)(H,34,36);6-10,12-13,15H,11,14H2,1-5H3,(H2,25,26)(H,30,33);5-6,9-12,17-18H,7-8,13-16H2,1-4H3,(H,27,30);6-8,11-12,15,17H,9-10,13-14H2,1-5H3,(H2,25,27)(H,28,30)/t;15-;17?,18-;/m.00./s1. The molecular weight excluding hydrogens is 1880 g/mol. The van der Waals surface area contributed by atoms with Crippen LogP contribution in [0.4, 0.5) is 58.2 Å². The highest BCUT2D eigenvalue weighted by Crippen LogP contribution is 2.51. The van der Waals surface area contributed by atoms with Crippen molar-refractivity contribution in [2.75, 3.05) is 107 Å². The number of nitrogens with two attached hydrogens (primary N) is 2. The maximum atomic E-state index is 13.3. The fraction of sp³-hybridized carbons (Fsp3) is 0.412. The molecule has 5 atom stereocenters. The number of benzene rings is 2. The number of anilines is 10. The number of amides is 4. The van der Waals surface area contributed by atoms with E-state index in [4.69, 9.17) is 26.2 Å². The molecule has 9 N–H and O–H groups in total. The molecule has 0 spiro atoms. The van der Waals surface area contributed by atoms with E-state index in [2.05, 4.69) is 186 Å². The van der Waals surface area contributed by atoms with Gasteiger partial charge in [-0.15, -0.1) is 0 Å². The minimum absolute atomic E-state index is 0.0622. The first-order valence-corrected chi connectivity index (χ1v) is 53.2. The molecule has 752 valence electrons. The molecule has 0 bridgehead atoms. The van der Waals surface area contributed by atoms with Crippen molar-refractivity contribution in [3.63, 3.8) is 0 Å². The molecule has 36 nitrogen and oxygen atoms in total. The molecule has 142 heavy (non-hydrogen) atoms. The molecule has 1 saturated carbocycles. The van der Waals surface area contributed by atoms with Crippen LogP contribution in [0, 0.1) is 29.6 Å². The number of methoxy groups -OCH3 is 1. The summed E-state index contributed by atoms with van der Waals surface area (Å²) in [6.07, 6.45) is 16.2. The highest BCUT2D eigenvalue weighted by atomic mass is 32.2. The van der Waals surface area contributed by atoms with E-state index in [-0.39, 0.29) is 87.5 Å². The smallest absolute Gasteiger partial charge is 0.281 e. The predicted octanol–water partition coefficient (Wildman–Crippen LogP) is 14.3. The van der Waals surface area contributed by atoms with Crippen molar-refractivity contribution in [3.8, 4) is 22.4 Å². The second-order valence-corrected chi connectivity index (χ2v) is 47.3. The predicted molar refractivity (Wildman–Crippen MR) is 551 cm³/mol. The third-order valence-corrected chi connectivity index (χ3v) is 31.5. The van der Waals surface area contributed by atoms with E-state index >= 15 is 0 Å². The van der Waals surface area contributed by atoms with Gasteiger partial charge in [-0.25, -0.2) is 77.1 Å². The first-order chi connectivity index (χ1) is 66.9. The van der Waals surface area contributed by atoms with Crippen molar-refractivity contribution in [1.82, 2.24) is 68.7 Å². The monoisotopic (exact) mass is 2010 g/mol. The number of sulfonamides is 4. The minimum atomic E-state index is -4.25. The van der Waals surface area contributed by atoms with Gasteiger partial charge >= 0.3 is 0 Å². The van der Waals surface area contributed by atoms with E-state index in [0.717, 1.165) is 87.2 Å². The molecule has 14 heterocycles. The zero-order chi connectivity index (χ0) is 103. The van der Waals surface area contributed by atoms with E-state index < -0.39 is 63.7 Å². The van der Waals surface area contributed by atoms with E-state index in [0.29, 0.717) is 94.9 Å². The Morgan fingerprint density at radius 3 is 1.43 bits per heavy atom. The number of nitrogens with zero attached hydrogens (tertiary/aromatic N) is 16. The maximum absolute atomic E-state index is 13.3. The number of rotatable bonds is 25. The normalized spacial score (nSPS) is 19.0. The summed E-state index contributed by atoms with van der Waals surface area (Å²) in [4.78, 5) is 109. The van der Waals surface area contributed by atoms with Crippen LogP contribution < -0.4 is 65.1 Å². The molecule has 5 aliphatic heterocycles. The molecule has 9 aromatic heterocycles. The van der Waals surface area contributed by atoms with Gasteiger partial charge in [0.05, 0.1) is 40.6 Å². The molecule has 6 aliphatic rings. The van der Waals surface area contributed by atoms with Gasteiger partial charge in [-0.1, -0.05) is 102 Å². The number of pyridine rings is 8. The number of nitrogen functional groups attached to an aromatic ring is 2. The van der Waals surface area contributed by atoms with Crippen molar-refractivity contribution in [3.05, 3.63) is 229 Å². The molecule has 11 aromatic rings. The lowest BCUT2D eigenvalue weighted by atomic mass is 9.84. The van der Waals surface area contributed by atoms with Crippen LogP contribution >= 0.6 is 0 Å². The van der Waals surface area contributed by atoms with Crippen LogP contribution in [-0.4, -0.2) is 196 Å². The largest absolute Gasteiger partial charge is 0.384 e. The van der Waals surface area contributed by atoms with Crippen molar-refractivity contribution < 1.29 is 57.6 Å².